The van der Waals surface area contributed by atoms with Crippen LogP contribution in [0.3, 0.4) is 0 Å². The van der Waals surface area contributed by atoms with Gasteiger partial charge in [0.2, 0.25) is 0 Å². The Morgan fingerprint density at radius 3 is 2.90 bits per heavy atom. The van der Waals surface area contributed by atoms with Gasteiger partial charge in [0.15, 0.2) is 0 Å². The standard InChI is InChI=1S/C17H27NO2/c1-4-9-17(3,19)12-18-15(5-2)13-6-7-16-14(11-13)8-10-20-16/h6-7,11,15,18-19H,4-5,8-10,12H2,1-3H3. The predicted molar refractivity (Wildman–Crippen MR) is 82.2 cm³/mol. The summed E-state index contributed by atoms with van der Waals surface area (Å²) in [6.07, 6.45) is 3.85. The van der Waals surface area contributed by atoms with Crippen LogP contribution in [-0.4, -0.2) is 23.9 Å². The first-order valence-electron chi connectivity index (χ1n) is 7.77. The highest BCUT2D eigenvalue weighted by molar-refractivity contribution is 5.40. The van der Waals surface area contributed by atoms with E-state index in [9.17, 15) is 5.11 Å². The van der Waals surface area contributed by atoms with Crippen molar-refractivity contribution in [2.75, 3.05) is 13.2 Å². The number of nitrogens with one attached hydrogen (secondary N) is 1. The molecule has 0 amide bonds. The molecule has 0 fully saturated rings. The monoisotopic (exact) mass is 277 g/mol. The topological polar surface area (TPSA) is 41.5 Å². The van der Waals surface area contributed by atoms with Gasteiger partial charge < -0.3 is 15.2 Å². The first kappa shape index (κ1) is 15.3. The minimum Gasteiger partial charge on any atom is -0.493 e. The first-order valence-corrected chi connectivity index (χ1v) is 7.77. The van der Waals surface area contributed by atoms with E-state index >= 15 is 0 Å². The summed E-state index contributed by atoms with van der Waals surface area (Å²) >= 11 is 0. The number of ether oxygens (including phenoxy) is 1. The number of aliphatic hydroxyl groups is 1. The van der Waals surface area contributed by atoms with Crippen molar-refractivity contribution < 1.29 is 9.84 Å². The number of fused-ring (bicyclic) bond motifs is 1. The number of hydrogen-bond acceptors (Lipinski definition) is 3. The lowest BCUT2D eigenvalue weighted by atomic mass is 9.97. The van der Waals surface area contributed by atoms with Crippen LogP contribution in [0.4, 0.5) is 0 Å². The molecule has 3 nitrogen and oxygen atoms in total. The van der Waals surface area contributed by atoms with Gasteiger partial charge in [-0.2, -0.15) is 0 Å². The molecule has 112 valence electrons. The van der Waals surface area contributed by atoms with Gasteiger partial charge in [-0.05, 0) is 37.0 Å². The highest BCUT2D eigenvalue weighted by Crippen LogP contribution is 2.29. The Kier molecular flexibility index (Phi) is 5.06. The van der Waals surface area contributed by atoms with E-state index in [-0.39, 0.29) is 0 Å². The fourth-order valence-electron chi connectivity index (χ4n) is 2.89. The van der Waals surface area contributed by atoms with Crippen LogP contribution < -0.4 is 10.1 Å². The third-order valence-electron chi connectivity index (χ3n) is 4.04. The minimum absolute atomic E-state index is 0.296. The van der Waals surface area contributed by atoms with Crippen LogP contribution in [-0.2, 0) is 6.42 Å². The van der Waals surface area contributed by atoms with Gasteiger partial charge in [0.05, 0.1) is 12.2 Å². The van der Waals surface area contributed by atoms with Crippen molar-refractivity contribution in [1.29, 1.82) is 0 Å². The Balaban J connectivity index is 2.01. The molecule has 0 aliphatic carbocycles. The van der Waals surface area contributed by atoms with Crippen molar-refractivity contribution >= 4 is 0 Å². The second kappa shape index (κ2) is 6.59. The van der Waals surface area contributed by atoms with Crippen molar-refractivity contribution in [3.8, 4) is 5.75 Å². The third kappa shape index (κ3) is 3.74. The molecule has 3 heteroatoms. The molecule has 0 saturated heterocycles. The summed E-state index contributed by atoms with van der Waals surface area (Å²) in [5, 5.41) is 13.8. The molecule has 1 aliphatic rings. The molecule has 1 aromatic rings. The summed E-state index contributed by atoms with van der Waals surface area (Å²) in [6.45, 7) is 7.62. The molecule has 2 N–H and O–H groups in total. The molecule has 0 aromatic heterocycles. The maximum atomic E-state index is 10.3. The van der Waals surface area contributed by atoms with Gasteiger partial charge in [-0.15, -0.1) is 0 Å². The molecule has 1 aliphatic heterocycles. The first-order chi connectivity index (χ1) is 9.55. The molecule has 2 rings (SSSR count). The lowest BCUT2D eigenvalue weighted by Crippen LogP contribution is -2.39. The number of rotatable bonds is 7. The minimum atomic E-state index is -0.623. The van der Waals surface area contributed by atoms with Crippen molar-refractivity contribution in [2.45, 2.75) is 58.1 Å². The summed E-state index contributed by atoms with van der Waals surface area (Å²) in [5.74, 6) is 1.03. The van der Waals surface area contributed by atoms with Gasteiger partial charge in [0.1, 0.15) is 5.75 Å². The highest BCUT2D eigenvalue weighted by atomic mass is 16.5. The SMILES string of the molecule is CCCC(C)(O)CNC(CC)c1ccc2c(c1)CCO2. The van der Waals surface area contributed by atoms with Crippen molar-refractivity contribution in [2.24, 2.45) is 0 Å². The molecule has 0 bridgehead atoms. The Morgan fingerprint density at radius 1 is 1.40 bits per heavy atom. The van der Waals surface area contributed by atoms with Gasteiger partial charge in [0.25, 0.3) is 0 Å². The van der Waals surface area contributed by atoms with E-state index in [1.54, 1.807) is 0 Å². The van der Waals surface area contributed by atoms with Gasteiger partial charge in [-0.3, -0.25) is 0 Å². The zero-order chi connectivity index (χ0) is 14.6. The highest BCUT2D eigenvalue weighted by Gasteiger charge is 2.21. The fraction of sp³-hybridized carbons (Fsp3) is 0.647. The van der Waals surface area contributed by atoms with Crippen molar-refractivity contribution in [3.63, 3.8) is 0 Å². The van der Waals surface area contributed by atoms with Gasteiger partial charge in [-0.1, -0.05) is 32.4 Å². The van der Waals surface area contributed by atoms with E-state index < -0.39 is 5.60 Å². The molecule has 20 heavy (non-hydrogen) atoms. The van der Waals surface area contributed by atoms with E-state index in [2.05, 4.69) is 37.4 Å². The summed E-state index contributed by atoms with van der Waals surface area (Å²) < 4.78 is 5.55. The largest absolute Gasteiger partial charge is 0.493 e. The van der Waals surface area contributed by atoms with Crippen LogP contribution in [0.15, 0.2) is 18.2 Å². The van der Waals surface area contributed by atoms with Gasteiger partial charge in [-0.25, -0.2) is 0 Å². The molecule has 0 radical (unpaired) electrons. The maximum Gasteiger partial charge on any atom is 0.122 e. The normalized spacial score (nSPS) is 18.2. The maximum absolute atomic E-state index is 10.3. The van der Waals surface area contributed by atoms with E-state index in [4.69, 9.17) is 4.74 Å². The molecule has 0 spiro atoms. The predicted octanol–water partition coefficient (Wildman–Crippen LogP) is 3.21. The van der Waals surface area contributed by atoms with Crippen LogP contribution in [0.2, 0.25) is 0 Å². The Morgan fingerprint density at radius 2 is 2.20 bits per heavy atom. The average molecular weight is 277 g/mol. The summed E-state index contributed by atoms with van der Waals surface area (Å²) in [6, 6.07) is 6.76. The Hall–Kier alpha value is -1.06. The van der Waals surface area contributed by atoms with E-state index in [0.717, 1.165) is 38.0 Å². The molecular formula is C17H27NO2. The van der Waals surface area contributed by atoms with E-state index in [0.29, 0.717) is 12.6 Å². The summed E-state index contributed by atoms with van der Waals surface area (Å²) in [7, 11) is 0. The van der Waals surface area contributed by atoms with E-state index in [1.807, 2.05) is 6.92 Å². The molecule has 1 aromatic carbocycles. The van der Waals surface area contributed by atoms with E-state index in [1.165, 1.54) is 11.1 Å². The average Bonchev–Trinajstić information content (AvgIpc) is 2.86. The second-order valence-electron chi connectivity index (χ2n) is 6.05. The third-order valence-corrected chi connectivity index (χ3v) is 4.04. The molecule has 2 atom stereocenters. The Bertz CT molecular complexity index is 443. The Labute approximate surface area is 122 Å². The van der Waals surface area contributed by atoms with Crippen LogP contribution in [0.1, 0.15) is 57.2 Å². The lowest BCUT2D eigenvalue weighted by Gasteiger charge is -2.27. The zero-order valence-electron chi connectivity index (χ0n) is 12.9. The van der Waals surface area contributed by atoms with Crippen LogP contribution in [0, 0.1) is 0 Å². The number of hydrogen-bond donors (Lipinski definition) is 2. The van der Waals surface area contributed by atoms with Crippen molar-refractivity contribution in [3.05, 3.63) is 29.3 Å². The molecule has 1 heterocycles. The lowest BCUT2D eigenvalue weighted by molar-refractivity contribution is 0.0470. The second-order valence-corrected chi connectivity index (χ2v) is 6.05. The molecular weight excluding hydrogens is 250 g/mol. The summed E-state index contributed by atoms with van der Waals surface area (Å²) in [5.41, 5.74) is 1.98. The molecule has 2 unspecified atom stereocenters. The quantitative estimate of drug-likeness (QED) is 0.804. The smallest absolute Gasteiger partial charge is 0.122 e. The van der Waals surface area contributed by atoms with Crippen LogP contribution in [0.25, 0.3) is 0 Å². The van der Waals surface area contributed by atoms with Crippen LogP contribution >= 0.6 is 0 Å². The molecule has 0 saturated carbocycles. The van der Waals surface area contributed by atoms with Gasteiger partial charge >= 0.3 is 0 Å². The number of benzene rings is 1. The zero-order valence-corrected chi connectivity index (χ0v) is 12.9. The fourth-order valence-corrected chi connectivity index (χ4v) is 2.89. The van der Waals surface area contributed by atoms with Crippen molar-refractivity contribution in [1.82, 2.24) is 5.32 Å². The van der Waals surface area contributed by atoms with Gasteiger partial charge in [0, 0.05) is 19.0 Å². The summed E-state index contributed by atoms with van der Waals surface area (Å²) in [4.78, 5) is 0. The van der Waals surface area contributed by atoms with Crippen LogP contribution in [0.5, 0.6) is 5.75 Å².